The summed E-state index contributed by atoms with van der Waals surface area (Å²) in [7, 11) is 0. The van der Waals surface area contributed by atoms with E-state index in [-0.39, 0.29) is 95.1 Å². The number of rotatable bonds is 60. The van der Waals surface area contributed by atoms with Gasteiger partial charge in [-0.2, -0.15) is 0 Å². The normalized spacial score (nSPS) is 14.9. The molecule has 0 heterocycles. The van der Waals surface area contributed by atoms with E-state index in [1.165, 1.54) is 13.8 Å². The minimum Gasteiger partial charge on any atom is -0.481 e. The molecule has 0 aliphatic rings. The Morgan fingerprint density at radius 2 is 0.636 bits per heavy atom. The van der Waals surface area contributed by atoms with Crippen LogP contribution in [-0.4, -0.2) is 263 Å². The molecule has 49 heteroatoms. The van der Waals surface area contributed by atoms with Crippen LogP contribution in [0.25, 0.3) is 0 Å². The van der Waals surface area contributed by atoms with Gasteiger partial charge in [0.25, 0.3) is 0 Å². The van der Waals surface area contributed by atoms with Crippen LogP contribution < -0.4 is 126 Å². The number of guanidine groups is 2. The van der Waals surface area contributed by atoms with Crippen molar-refractivity contribution in [2.75, 3.05) is 32.7 Å². The van der Waals surface area contributed by atoms with Crippen LogP contribution in [0.5, 0.6) is 0 Å². The monoisotopic (exact) mass is 1720 g/mol. The molecule has 16 atom stereocenters. The van der Waals surface area contributed by atoms with Crippen LogP contribution in [0.1, 0.15) is 172 Å². The molecular formula is C72H125N25O24. The minimum atomic E-state index is -2.13. The predicted molar refractivity (Wildman–Crippen MR) is 431 cm³/mol. The van der Waals surface area contributed by atoms with Crippen LogP contribution >= 0.6 is 0 Å². The molecule has 682 valence electrons. The van der Waals surface area contributed by atoms with Gasteiger partial charge in [0.05, 0.1) is 38.9 Å². The lowest BCUT2D eigenvalue weighted by Gasteiger charge is -2.30. The standard InChI is InChI=1S/C72H125N25O24/c1-12-34(8)55(67(117)84-31-51(103)88-44(27-52(104)105)64(114)92-45(28-53(106)107)65(115)96-56(35(9)13-2)68(118)93-43(26-48(76)100)63(113)90-41(70(120)121)18-16-24-82-72(79)80)97-69(119)57(36(10)14-3)95-58(108)37(11)85-62(112)42(25-32(4)5)91-60(110)40(20-22-47(75)99)89-59(109)38(17-15-23-81-71(77)78)87-50(102)30-83-66(116)54(33(6)7)94-61(111)39(19-21-46(74)98)86-49(101)29-73/h32-45,54-57H,12-31,73H2,1-11H3,(H2,74,98)(H2,75,99)(H2,76,100)(H,83,116)(H,84,117)(H,85,112)(H,86,101)(H,87,102)(H,88,103)(H,89,109)(H,90,113)(H,91,110)(H,92,114)(H,93,118)(H,94,111)(H,95,108)(H,96,115)(H,97,119)(H,104,105)(H,106,107)(H,120,121)(H4,77,78,81)(H4,79,80,82)/t34-,35-,36-,37-,38-,39-,40-,41-,42-,43-,44-,45-,54-,55-,56-,57-/m0/s1. The number of primary amides is 3. The number of hydrogen-bond acceptors (Lipinski definition) is 24. The second-order valence-electron chi connectivity index (χ2n) is 29.6. The maximum Gasteiger partial charge on any atom is 0.326 e. The molecule has 0 spiro atoms. The Hall–Kier alpha value is -12.6. The maximum atomic E-state index is 14.3. The number of amides is 18. The van der Waals surface area contributed by atoms with Crippen molar-refractivity contribution in [3.8, 4) is 0 Å². The van der Waals surface area contributed by atoms with Crippen LogP contribution in [0.2, 0.25) is 0 Å². The van der Waals surface area contributed by atoms with Gasteiger partial charge in [0.2, 0.25) is 106 Å². The van der Waals surface area contributed by atoms with Crippen molar-refractivity contribution in [1.29, 1.82) is 0 Å². The molecule has 0 aliphatic carbocycles. The second kappa shape index (κ2) is 55.9. The van der Waals surface area contributed by atoms with E-state index in [0.29, 0.717) is 0 Å². The Labute approximate surface area is 698 Å². The van der Waals surface area contributed by atoms with Crippen LogP contribution in [0.15, 0.2) is 9.98 Å². The number of nitrogens with zero attached hydrogens (tertiary/aromatic N) is 2. The fourth-order valence-corrected chi connectivity index (χ4v) is 11.2. The molecule has 0 aromatic carbocycles. The largest absolute Gasteiger partial charge is 0.481 e. The quantitative estimate of drug-likeness (QED) is 0.0153. The van der Waals surface area contributed by atoms with E-state index < -0.39 is 278 Å². The molecule has 0 unspecified atom stereocenters. The van der Waals surface area contributed by atoms with E-state index in [1.54, 1.807) is 62.3 Å². The van der Waals surface area contributed by atoms with E-state index in [1.807, 2.05) is 5.32 Å². The molecule has 0 aliphatic heterocycles. The van der Waals surface area contributed by atoms with Crippen molar-refractivity contribution < 1.29 is 116 Å². The fourth-order valence-electron chi connectivity index (χ4n) is 11.2. The average Bonchev–Trinajstić information content (AvgIpc) is 0.847. The van der Waals surface area contributed by atoms with Gasteiger partial charge in [-0.25, -0.2) is 4.79 Å². The average molecular weight is 1720 g/mol. The first-order valence-corrected chi connectivity index (χ1v) is 39.2. The third kappa shape index (κ3) is 43.6. The third-order valence-corrected chi connectivity index (χ3v) is 18.6. The Morgan fingerprint density at radius 3 is 1.05 bits per heavy atom. The number of carbonyl (C=O) groups excluding carboxylic acids is 18. The Morgan fingerprint density at radius 1 is 0.322 bits per heavy atom. The summed E-state index contributed by atoms with van der Waals surface area (Å²) in [5, 5.41) is 64.8. The molecule has 0 fully saturated rings. The SMILES string of the molecule is CC[C@H](C)[C@H](NC(=O)[C@H](C)NC(=O)[C@H](CC(C)C)NC(=O)[C@H](CCC(N)=O)NC(=O)[C@H](CCCN=C(N)N)NC(=O)CNC(=O)[C@@H](NC(=O)[C@H](CCC(N)=O)NC(=O)CN)C(C)C)C(=O)N[C@H](C(=O)NCC(=O)N[C@@H](CC(=O)O)C(=O)N[C@@H](CC(=O)O)C(=O)N[C@H](C(=O)N[C@@H](CC(N)=O)C(=O)N[C@@H](CCCN=C(N)N)C(=O)O)[C@@H](C)CC)[C@@H](C)CC. The molecule has 0 saturated heterocycles. The summed E-state index contributed by atoms with van der Waals surface area (Å²) in [4.78, 5) is 286. The molecule has 0 saturated carbocycles. The van der Waals surface area contributed by atoms with E-state index in [2.05, 4.69) is 84.4 Å². The molecule has 18 amide bonds. The molecule has 0 aromatic rings. The van der Waals surface area contributed by atoms with Gasteiger partial charge in [-0.15, -0.1) is 0 Å². The van der Waals surface area contributed by atoms with Crippen LogP contribution in [0.4, 0.5) is 0 Å². The summed E-state index contributed by atoms with van der Waals surface area (Å²) >= 11 is 0. The van der Waals surface area contributed by atoms with Crippen molar-refractivity contribution in [2.45, 2.75) is 251 Å². The van der Waals surface area contributed by atoms with E-state index >= 15 is 0 Å². The zero-order chi connectivity index (χ0) is 92.8. The number of carbonyl (C=O) groups is 21. The third-order valence-electron chi connectivity index (χ3n) is 18.6. The molecule has 0 bridgehead atoms. The van der Waals surface area contributed by atoms with Crippen LogP contribution in [0, 0.1) is 29.6 Å². The molecule has 0 radical (unpaired) electrons. The maximum absolute atomic E-state index is 14.3. The topological polar surface area (TPSA) is 832 Å². The highest BCUT2D eigenvalue weighted by Crippen LogP contribution is 2.16. The first-order valence-electron chi connectivity index (χ1n) is 39.2. The van der Waals surface area contributed by atoms with Crippen molar-refractivity contribution in [3.05, 3.63) is 0 Å². The van der Waals surface area contributed by atoms with Gasteiger partial charge < -0.3 is 141 Å². The zero-order valence-corrected chi connectivity index (χ0v) is 70.0. The zero-order valence-electron chi connectivity index (χ0n) is 70.0. The highest BCUT2D eigenvalue weighted by molar-refractivity contribution is 6.02. The van der Waals surface area contributed by atoms with Gasteiger partial charge >= 0.3 is 17.9 Å². The lowest BCUT2D eigenvalue weighted by Crippen LogP contribution is -2.61. The molecule has 0 rings (SSSR count). The molecule has 34 N–H and O–H groups in total. The van der Waals surface area contributed by atoms with Crippen molar-refractivity contribution >= 4 is 136 Å². The number of nitrogens with two attached hydrogens (primary N) is 8. The summed E-state index contributed by atoms with van der Waals surface area (Å²) in [6.07, 6.45) is -4.83. The minimum absolute atomic E-state index is 0.0271. The smallest absolute Gasteiger partial charge is 0.326 e. The summed E-state index contributed by atoms with van der Waals surface area (Å²) in [5.74, 6) is -27.6. The summed E-state index contributed by atoms with van der Waals surface area (Å²) in [6, 6.07) is -21.1. The number of aliphatic imine (C=N–C) groups is 2. The Balaban J connectivity index is 6.76. The fraction of sp³-hybridized carbons (Fsp3) is 0.681. The number of nitrogens with one attached hydrogen (secondary N) is 15. The highest BCUT2D eigenvalue weighted by Gasteiger charge is 2.40. The summed E-state index contributed by atoms with van der Waals surface area (Å²) in [5.41, 5.74) is 43.0. The van der Waals surface area contributed by atoms with Gasteiger partial charge in [-0.1, -0.05) is 88.5 Å². The highest BCUT2D eigenvalue weighted by atomic mass is 16.4. The van der Waals surface area contributed by atoms with Crippen LogP contribution in [-0.2, 0) is 101 Å². The number of carboxylic acids is 3. The first-order chi connectivity index (χ1) is 56.4. The van der Waals surface area contributed by atoms with E-state index in [9.17, 15) is 116 Å². The first kappa shape index (κ1) is 108. The lowest BCUT2D eigenvalue weighted by molar-refractivity contribution is -0.143. The van der Waals surface area contributed by atoms with Crippen molar-refractivity contribution in [1.82, 2.24) is 79.8 Å². The molecule has 49 nitrogen and oxygen atoms in total. The van der Waals surface area contributed by atoms with Gasteiger partial charge in [0, 0.05) is 25.9 Å². The van der Waals surface area contributed by atoms with E-state index in [4.69, 9.17) is 45.9 Å². The number of hydrogen-bond donors (Lipinski definition) is 26. The van der Waals surface area contributed by atoms with Gasteiger partial charge in [-0.3, -0.25) is 106 Å². The number of aliphatic carboxylic acids is 3. The molecular weight excluding hydrogens is 1600 g/mol. The predicted octanol–water partition coefficient (Wildman–Crippen LogP) is -10.1. The Kier molecular flexibility index (Phi) is 50.1. The van der Waals surface area contributed by atoms with Gasteiger partial charge in [0.15, 0.2) is 11.9 Å². The van der Waals surface area contributed by atoms with Crippen LogP contribution in [0.3, 0.4) is 0 Å². The van der Waals surface area contributed by atoms with Gasteiger partial charge in [0.1, 0.15) is 78.5 Å². The molecule has 121 heavy (non-hydrogen) atoms. The Bertz CT molecular complexity index is 3690. The molecule has 0 aromatic heterocycles. The lowest BCUT2D eigenvalue weighted by atomic mass is 9.94. The summed E-state index contributed by atoms with van der Waals surface area (Å²) < 4.78 is 0. The van der Waals surface area contributed by atoms with Crippen molar-refractivity contribution in [3.63, 3.8) is 0 Å². The van der Waals surface area contributed by atoms with Gasteiger partial charge in [-0.05, 0) is 81.5 Å². The van der Waals surface area contributed by atoms with Crippen molar-refractivity contribution in [2.24, 2.45) is 85.4 Å². The summed E-state index contributed by atoms with van der Waals surface area (Å²) in [6.45, 7) is 14.7. The second-order valence-corrected chi connectivity index (χ2v) is 29.6. The number of carboxylic acid groups (broad SMARTS) is 3. The van der Waals surface area contributed by atoms with E-state index in [0.717, 1.165) is 0 Å².